The molecule has 1 aromatic carbocycles. The molecule has 1 N–H and O–H groups in total. The third-order valence-corrected chi connectivity index (χ3v) is 4.66. The second kappa shape index (κ2) is 6.56. The van der Waals surface area contributed by atoms with Gasteiger partial charge in [-0.2, -0.15) is 0 Å². The minimum atomic E-state index is -1.21. The molecular formula is C17H21FO5. The minimum Gasteiger partial charge on any atom is -0.496 e. The molecule has 1 saturated carbocycles. The van der Waals surface area contributed by atoms with Crippen molar-refractivity contribution in [3.8, 4) is 11.5 Å². The normalized spacial score (nSPS) is 24.1. The van der Waals surface area contributed by atoms with Gasteiger partial charge in [-0.3, -0.25) is 4.79 Å². The van der Waals surface area contributed by atoms with Crippen molar-refractivity contribution in [3.05, 3.63) is 23.5 Å². The Balaban J connectivity index is 2.14. The SMILES string of the molecule is COc1cc(F)c(O[C@H]2CC[C@@](C)(C(C)=O)CC2)cc1C(=O)O. The smallest absolute Gasteiger partial charge is 0.339 e. The fraction of sp³-hybridized carbons (Fsp3) is 0.529. The molecule has 126 valence electrons. The van der Waals surface area contributed by atoms with E-state index in [0.29, 0.717) is 25.7 Å². The van der Waals surface area contributed by atoms with Crippen molar-refractivity contribution in [3.63, 3.8) is 0 Å². The molecule has 0 saturated heterocycles. The van der Waals surface area contributed by atoms with Gasteiger partial charge in [0.2, 0.25) is 0 Å². The van der Waals surface area contributed by atoms with Crippen LogP contribution in [0.25, 0.3) is 0 Å². The van der Waals surface area contributed by atoms with E-state index in [2.05, 4.69) is 0 Å². The first kappa shape index (κ1) is 17.2. The Bertz CT molecular complexity index is 618. The van der Waals surface area contributed by atoms with Crippen molar-refractivity contribution in [1.82, 2.24) is 0 Å². The van der Waals surface area contributed by atoms with E-state index in [1.165, 1.54) is 7.11 Å². The lowest BCUT2D eigenvalue weighted by molar-refractivity contribution is -0.128. The molecule has 0 amide bonds. The largest absolute Gasteiger partial charge is 0.496 e. The van der Waals surface area contributed by atoms with E-state index >= 15 is 0 Å². The lowest BCUT2D eigenvalue weighted by atomic mass is 9.72. The van der Waals surface area contributed by atoms with Gasteiger partial charge in [0.15, 0.2) is 11.6 Å². The zero-order valence-electron chi connectivity index (χ0n) is 13.5. The van der Waals surface area contributed by atoms with Gasteiger partial charge >= 0.3 is 5.97 Å². The standard InChI is InChI=1S/C17H21FO5/c1-10(19)17(2)6-4-11(5-7-17)23-15-8-12(16(20)21)14(22-3)9-13(15)18/h8-9,11H,4-7H2,1-3H3,(H,20,21)/t11-,17+. The summed E-state index contributed by atoms with van der Waals surface area (Å²) in [6, 6.07) is 2.16. The molecule has 0 bridgehead atoms. The summed E-state index contributed by atoms with van der Waals surface area (Å²) in [6.07, 6.45) is 2.38. The predicted octanol–water partition coefficient (Wildman–Crippen LogP) is 3.45. The van der Waals surface area contributed by atoms with E-state index in [1.807, 2.05) is 6.92 Å². The molecule has 0 aliphatic heterocycles. The molecule has 1 aliphatic carbocycles. The molecule has 0 unspecified atom stereocenters. The zero-order valence-corrected chi connectivity index (χ0v) is 13.5. The molecule has 1 fully saturated rings. The van der Waals surface area contributed by atoms with Crippen LogP contribution in [0.4, 0.5) is 4.39 Å². The molecule has 0 aromatic heterocycles. The second-order valence-electron chi connectivity index (χ2n) is 6.22. The third kappa shape index (κ3) is 3.63. The van der Waals surface area contributed by atoms with Gasteiger partial charge in [-0.05, 0) is 32.6 Å². The molecule has 0 atom stereocenters. The molecule has 2 rings (SSSR count). The molecule has 0 heterocycles. The average molecular weight is 324 g/mol. The van der Waals surface area contributed by atoms with Crippen LogP contribution in [0, 0.1) is 11.2 Å². The molecule has 1 aliphatic rings. The van der Waals surface area contributed by atoms with E-state index in [-0.39, 0.29) is 34.4 Å². The van der Waals surface area contributed by atoms with Gasteiger partial charge in [0, 0.05) is 17.5 Å². The van der Waals surface area contributed by atoms with Crippen LogP contribution in [0.5, 0.6) is 11.5 Å². The number of hydrogen-bond donors (Lipinski definition) is 1. The van der Waals surface area contributed by atoms with E-state index in [4.69, 9.17) is 14.6 Å². The molecule has 0 radical (unpaired) electrons. The maximum Gasteiger partial charge on any atom is 0.339 e. The highest BCUT2D eigenvalue weighted by Gasteiger charge is 2.36. The average Bonchev–Trinajstić information content (AvgIpc) is 2.50. The fourth-order valence-corrected chi connectivity index (χ4v) is 2.84. The Kier molecular flexibility index (Phi) is 4.92. The summed E-state index contributed by atoms with van der Waals surface area (Å²) < 4.78 is 24.6. The Morgan fingerprint density at radius 1 is 1.26 bits per heavy atom. The maximum absolute atomic E-state index is 14.1. The predicted molar refractivity (Wildman–Crippen MR) is 81.6 cm³/mol. The minimum absolute atomic E-state index is 0.0462. The summed E-state index contributed by atoms with van der Waals surface area (Å²) in [5.41, 5.74) is -0.488. The number of methoxy groups -OCH3 is 1. The molecule has 1 aromatic rings. The Labute approximate surface area is 134 Å². The summed E-state index contributed by atoms with van der Waals surface area (Å²) in [5.74, 6) is -1.86. The van der Waals surface area contributed by atoms with Crippen LogP contribution >= 0.6 is 0 Å². The number of carbonyl (C=O) groups is 2. The lowest BCUT2D eigenvalue weighted by Gasteiger charge is -2.35. The number of carbonyl (C=O) groups excluding carboxylic acids is 1. The van der Waals surface area contributed by atoms with Gasteiger partial charge in [0.25, 0.3) is 0 Å². The summed E-state index contributed by atoms with van der Waals surface area (Å²) >= 11 is 0. The van der Waals surface area contributed by atoms with E-state index < -0.39 is 11.8 Å². The summed E-state index contributed by atoms with van der Waals surface area (Å²) in [6.45, 7) is 3.52. The van der Waals surface area contributed by atoms with Crippen molar-refractivity contribution >= 4 is 11.8 Å². The number of ketones is 1. The van der Waals surface area contributed by atoms with E-state index in [1.54, 1.807) is 6.92 Å². The Morgan fingerprint density at radius 2 is 1.87 bits per heavy atom. The second-order valence-corrected chi connectivity index (χ2v) is 6.22. The molecule has 23 heavy (non-hydrogen) atoms. The lowest BCUT2D eigenvalue weighted by Crippen LogP contribution is -2.35. The van der Waals surface area contributed by atoms with Crippen LogP contribution in [-0.2, 0) is 4.79 Å². The number of hydrogen-bond acceptors (Lipinski definition) is 4. The monoisotopic (exact) mass is 324 g/mol. The van der Waals surface area contributed by atoms with Crippen LogP contribution in [0.2, 0.25) is 0 Å². The molecule has 6 heteroatoms. The van der Waals surface area contributed by atoms with Crippen molar-refractivity contribution in [2.24, 2.45) is 5.41 Å². The van der Waals surface area contributed by atoms with E-state index in [9.17, 15) is 14.0 Å². The summed E-state index contributed by atoms with van der Waals surface area (Å²) in [5, 5.41) is 9.15. The third-order valence-electron chi connectivity index (χ3n) is 4.66. The number of benzene rings is 1. The number of ether oxygens (including phenoxy) is 2. The first-order valence-corrected chi connectivity index (χ1v) is 7.55. The highest BCUT2D eigenvalue weighted by molar-refractivity contribution is 5.91. The number of halogens is 1. The van der Waals surface area contributed by atoms with Crippen LogP contribution in [0.15, 0.2) is 12.1 Å². The van der Waals surface area contributed by atoms with Gasteiger partial charge in [-0.1, -0.05) is 6.92 Å². The highest BCUT2D eigenvalue weighted by Crippen LogP contribution is 2.39. The van der Waals surface area contributed by atoms with Crippen molar-refractivity contribution in [2.75, 3.05) is 7.11 Å². The van der Waals surface area contributed by atoms with Gasteiger partial charge in [-0.25, -0.2) is 9.18 Å². The Hall–Kier alpha value is -2.11. The number of Topliss-reactive ketones (excluding diaryl/α,β-unsaturated/α-hetero) is 1. The van der Waals surface area contributed by atoms with Crippen LogP contribution in [-0.4, -0.2) is 30.1 Å². The van der Waals surface area contributed by atoms with Gasteiger partial charge in [0.1, 0.15) is 17.1 Å². The topological polar surface area (TPSA) is 72.8 Å². The van der Waals surface area contributed by atoms with Gasteiger partial charge in [0.05, 0.1) is 13.2 Å². The van der Waals surface area contributed by atoms with Crippen molar-refractivity contribution < 1.29 is 28.6 Å². The number of rotatable bonds is 5. The first-order chi connectivity index (χ1) is 10.8. The number of carboxylic acid groups (broad SMARTS) is 1. The van der Waals surface area contributed by atoms with Crippen molar-refractivity contribution in [1.29, 1.82) is 0 Å². The quantitative estimate of drug-likeness (QED) is 0.898. The maximum atomic E-state index is 14.1. The van der Waals surface area contributed by atoms with Crippen LogP contribution < -0.4 is 9.47 Å². The van der Waals surface area contributed by atoms with Gasteiger partial charge in [-0.15, -0.1) is 0 Å². The summed E-state index contributed by atoms with van der Waals surface area (Å²) in [7, 11) is 1.28. The molecule has 5 nitrogen and oxygen atoms in total. The van der Waals surface area contributed by atoms with Crippen LogP contribution in [0.3, 0.4) is 0 Å². The van der Waals surface area contributed by atoms with Gasteiger partial charge < -0.3 is 14.6 Å². The molecular weight excluding hydrogens is 303 g/mol. The van der Waals surface area contributed by atoms with Crippen molar-refractivity contribution in [2.45, 2.75) is 45.6 Å². The number of carboxylic acids is 1. The zero-order chi connectivity index (χ0) is 17.2. The Morgan fingerprint density at radius 3 is 2.35 bits per heavy atom. The summed E-state index contributed by atoms with van der Waals surface area (Å²) in [4.78, 5) is 22.9. The number of aromatic carboxylic acids is 1. The van der Waals surface area contributed by atoms with E-state index in [0.717, 1.165) is 12.1 Å². The molecule has 0 spiro atoms. The highest BCUT2D eigenvalue weighted by atomic mass is 19.1. The first-order valence-electron chi connectivity index (χ1n) is 7.55. The van der Waals surface area contributed by atoms with Crippen LogP contribution in [0.1, 0.15) is 49.9 Å². The fourth-order valence-electron chi connectivity index (χ4n) is 2.84.